The van der Waals surface area contributed by atoms with Crippen molar-refractivity contribution < 1.29 is 9.90 Å². The Kier molecular flexibility index (Phi) is 3.81. The van der Waals surface area contributed by atoms with Gasteiger partial charge >= 0.3 is 0 Å². The molecule has 0 aromatic carbocycles. The van der Waals surface area contributed by atoms with E-state index in [9.17, 15) is 4.79 Å². The van der Waals surface area contributed by atoms with Gasteiger partial charge in [-0.1, -0.05) is 0 Å². The predicted octanol–water partition coefficient (Wildman–Crippen LogP) is 1.10. The number of carbonyl (C=O) groups excluding carboxylic acids is 1. The molecule has 1 saturated carbocycles. The van der Waals surface area contributed by atoms with Gasteiger partial charge in [0, 0.05) is 30.0 Å². The number of hydrogen-bond acceptors (Lipinski definition) is 4. The van der Waals surface area contributed by atoms with Crippen molar-refractivity contribution in [3.05, 3.63) is 21.9 Å². The average molecular weight is 254 g/mol. The Labute approximate surface area is 105 Å². The van der Waals surface area contributed by atoms with Crippen molar-refractivity contribution in [2.45, 2.75) is 25.8 Å². The normalized spacial score (nSPS) is 17.0. The van der Waals surface area contributed by atoms with E-state index in [4.69, 9.17) is 10.8 Å². The van der Waals surface area contributed by atoms with Crippen LogP contribution in [0.5, 0.6) is 0 Å². The Morgan fingerprint density at radius 1 is 1.59 bits per heavy atom. The molecule has 0 saturated heterocycles. The summed E-state index contributed by atoms with van der Waals surface area (Å²) in [5.41, 5.74) is 6.11. The highest BCUT2D eigenvalue weighted by molar-refractivity contribution is 7.10. The summed E-state index contributed by atoms with van der Waals surface area (Å²) in [6.07, 6.45) is 3.30. The van der Waals surface area contributed by atoms with E-state index in [1.165, 1.54) is 12.8 Å². The minimum absolute atomic E-state index is 0.270. The number of primary amides is 1. The molecule has 0 radical (unpaired) electrons. The van der Waals surface area contributed by atoms with Crippen LogP contribution in [0.1, 0.15) is 34.5 Å². The second kappa shape index (κ2) is 5.16. The van der Waals surface area contributed by atoms with Crippen molar-refractivity contribution in [3.8, 4) is 0 Å². The third-order valence-corrected chi connectivity index (χ3v) is 4.27. The van der Waals surface area contributed by atoms with Crippen LogP contribution in [0.15, 0.2) is 11.4 Å². The average Bonchev–Trinajstić information content (AvgIpc) is 2.88. The summed E-state index contributed by atoms with van der Waals surface area (Å²) in [5.74, 6) is -0.369. The predicted molar refractivity (Wildman–Crippen MR) is 67.9 cm³/mol. The summed E-state index contributed by atoms with van der Waals surface area (Å²) in [6.45, 7) is 1.98. The molecule has 1 aliphatic carbocycles. The maximum atomic E-state index is 10.9. The van der Waals surface area contributed by atoms with Crippen molar-refractivity contribution in [3.63, 3.8) is 0 Å². The fraction of sp³-hybridized carbons (Fsp3) is 0.583. The number of hydrogen-bond donors (Lipinski definition) is 3. The van der Waals surface area contributed by atoms with Crippen LogP contribution < -0.4 is 11.1 Å². The number of amides is 1. The maximum absolute atomic E-state index is 10.9. The van der Waals surface area contributed by atoms with Gasteiger partial charge in [-0.2, -0.15) is 0 Å². The Morgan fingerprint density at radius 2 is 2.35 bits per heavy atom. The topological polar surface area (TPSA) is 75.4 Å². The molecule has 0 unspecified atom stereocenters. The zero-order chi connectivity index (χ0) is 12.3. The molecular weight excluding hydrogens is 236 g/mol. The number of nitrogens with one attached hydrogen (secondary N) is 1. The monoisotopic (exact) mass is 254 g/mol. The SMILES string of the molecule is NC(=O)c1csc(CNCC2(CCO)CC2)c1. The number of aliphatic hydroxyl groups excluding tert-OH is 1. The highest BCUT2D eigenvalue weighted by atomic mass is 32.1. The quantitative estimate of drug-likeness (QED) is 0.682. The molecular formula is C12H18N2O2S. The van der Waals surface area contributed by atoms with Crippen LogP contribution in [0.3, 0.4) is 0 Å². The van der Waals surface area contributed by atoms with E-state index in [1.807, 2.05) is 6.07 Å². The Hall–Kier alpha value is -0.910. The molecule has 0 aliphatic heterocycles. The summed E-state index contributed by atoms with van der Waals surface area (Å²) >= 11 is 1.55. The Morgan fingerprint density at radius 3 is 2.88 bits per heavy atom. The molecule has 4 nitrogen and oxygen atoms in total. The van der Waals surface area contributed by atoms with Gasteiger partial charge in [-0.25, -0.2) is 0 Å². The van der Waals surface area contributed by atoms with Crippen LogP contribution >= 0.6 is 11.3 Å². The van der Waals surface area contributed by atoms with Gasteiger partial charge < -0.3 is 16.2 Å². The standard InChI is InChI=1S/C12H18N2O2S/c13-11(16)9-5-10(17-7-9)6-14-8-12(1-2-12)3-4-15/h5,7,14-15H,1-4,6,8H2,(H2,13,16). The summed E-state index contributed by atoms with van der Waals surface area (Å²) in [6, 6.07) is 1.84. The molecule has 17 heavy (non-hydrogen) atoms. The third-order valence-electron chi connectivity index (χ3n) is 3.34. The summed E-state index contributed by atoms with van der Waals surface area (Å²) in [5, 5.41) is 14.1. The van der Waals surface area contributed by atoms with E-state index in [2.05, 4.69) is 5.32 Å². The molecule has 0 spiro atoms. The van der Waals surface area contributed by atoms with E-state index in [0.29, 0.717) is 11.0 Å². The number of carbonyl (C=O) groups is 1. The lowest BCUT2D eigenvalue weighted by Gasteiger charge is -2.13. The summed E-state index contributed by atoms with van der Waals surface area (Å²) in [7, 11) is 0. The highest BCUT2D eigenvalue weighted by Crippen LogP contribution is 2.47. The second-order valence-electron chi connectivity index (χ2n) is 4.74. The first-order valence-electron chi connectivity index (χ1n) is 5.84. The number of nitrogens with two attached hydrogens (primary N) is 1. The lowest BCUT2D eigenvalue weighted by atomic mass is 10.0. The lowest BCUT2D eigenvalue weighted by Crippen LogP contribution is -2.24. The molecule has 1 heterocycles. The van der Waals surface area contributed by atoms with Crippen LogP contribution in [0.2, 0.25) is 0 Å². The van der Waals surface area contributed by atoms with Crippen molar-refractivity contribution in [2.75, 3.05) is 13.2 Å². The van der Waals surface area contributed by atoms with Gasteiger partial charge in [0.15, 0.2) is 0 Å². The fourth-order valence-electron chi connectivity index (χ4n) is 1.98. The summed E-state index contributed by atoms with van der Waals surface area (Å²) < 4.78 is 0. The molecule has 0 atom stereocenters. The molecule has 1 aliphatic rings. The number of aliphatic hydroxyl groups is 1. The Balaban J connectivity index is 1.76. The van der Waals surface area contributed by atoms with Crippen molar-refractivity contribution in [1.82, 2.24) is 5.32 Å². The molecule has 1 aromatic rings. The highest BCUT2D eigenvalue weighted by Gasteiger charge is 2.41. The number of thiophene rings is 1. The zero-order valence-electron chi connectivity index (χ0n) is 9.74. The molecule has 4 N–H and O–H groups in total. The van der Waals surface area contributed by atoms with Gasteiger partial charge in [0.05, 0.1) is 5.56 Å². The van der Waals surface area contributed by atoms with Crippen LogP contribution in [-0.2, 0) is 6.54 Å². The van der Waals surface area contributed by atoms with Crippen molar-refractivity contribution in [1.29, 1.82) is 0 Å². The van der Waals surface area contributed by atoms with Crippen LogP contribution in [-0.4, -0.2) is 24.2 Å². The third kappa shape index (κ3) is 3.28. The van der Waals surface area contributed by atoms with Gasteiger partial charge in [0.25, 0.3) is 0 Å². The van der Waals surface area contributed by atoms with E-state index in [1.54, 1.807) is 16.7 Å². The van der Waals surface area contributed by atoms with Gasteiger partial charge in [0.1, 0.15) is 0 Å². The van der Waals surface area contributed by atoms with Gasteiger partial charge in [0.2, 0.25) is 5.91 Å². The molecule has 5 heteroatoms. The lowest BCUT2D eigenvalue weighted by molar-refractivity contribution is 0.100. The van der Waals surface area contributed by atoms with Gasteiger partial charge in [-0.05, 0) is 30.7 Å². The van der Waals surface area contributed by atoms with E-state index >= 15 is 0 Å². The smallest absolute Gasteiger partial charge is 0.249 e. The van der Waals surface area contributed by atoms with Crippen LogP contribution in [0.25, 0.3) is 0 Å². The second-order valence-corrected chi connectivity index (χ2v) is 5.74. The minimum Gasteiger partial charge on any atom is -0.396 e. The van der Waals surface area contributed by atoms with Crippen molar-refractivity contribution >= 4 is 17.2 Å². The zero-order valence-corrected chi connectivity index (χ0v) is 10.6. The molecule has 0 bridgehead atoms. The first kappa shape index (κ1) is 12.5. The number of rotatable bonds is 7. The molecule has 94 valence electrons. The minimum atomic E-state index is -0.369. The molecule has 2 rings (SSSR count). The molecule has 1 fully saturated rings. The van der Waals surface area contributed by atoms with Crippen LogP contribution in [0.4, 0.5) is 0 Å². The van der Waals surface area contributed by atoms with E-state index in [-0.39, 0.29) is 12.5 Å². The fourth-order valence-corrected chi connectivity index (χ4v) is 2.83. The van der Waals surface area contributed by atoms with E-state index in [0.717, 1.165) is 24.4 Å². The van der Waals surface area contributed by atoms with Crippen LogP contribution in [0, 0.1) is 5.41 Å². The molecule has 1 amide bonds. The van der Waals surface area contributed by atoms with Gasteiger partial charge in [-0.3, -0.25) is 4.79 Å². The first-order chi connectivity index (χ1) is 8.15. The maximum Gasteiger partial charge on any atom is 0.249 e. The Bertz CT molecular complexity index is 399. The first-order valence-corrected chi connectivity index (χ1v) is 6.72. The van der Waals surface area contributed by atoms with E-state index < -0.39 is 0 Å². The van der Waals surface area contributed by atoms with Crippen molar-refractivity contribution in [2.24, 2.45) is 11.1 Å². The summed E-state index contributed by atoms with van der Waals surface area (Å²) in [4.78, 5) is 12.0. The van der Waals surface area contributed by atoms with Gasteiger partial charge in [-0.15, -0.1) is 11.3 Å². The largest absolute Gasteiger partial charge is 0.396 e. The molecule has 1 aromatic heterocycles.